The molecule has 23 heavy (non-hydrogen) atoms. The number of hydrogen-bond acceptors (Lipinski definition) is 6. The number of piperazine rings is 1. The van der Waals surface area contributed by atoms with Crippen LogP contribution in [0.4, 0.5) is 0 Å². The van der Waals surface area contributed by atoms with E-state index in [9.17, 15) is 9.90 Å². The zero-order valence-electron chi connectivity index (χ0n) is 13.1. The van der Waals surface area contributed by atoms with Crippen LogP contribution in [0.1, 0.15) is 23.8 Å². The molecule has 1 unspecified atom stereocenters. The van der Waals surface area contributed by atoms with Crippen LogP contribution in [-0.4, -0.2) is 64.6 Å². The molecule has 1 atom stereocenters. The molecule has 0 spiro atoms. The van der Waals surface area contributed by atoms with Gasteiger partial charge in [-0.05, 0) is 18.6 Å². The number of aliphatic hydroxyl groups excluding tert-OH is 1. The van der Waals surface area contributed by atoms with Gasteiger partial charge in [-0.25, -0.2) is 4.98 Å². The van der Waals surface area contributed by atoms with Crippen molar-refractivity contribution in [1.82, 2.24) is 14.8 Å². The van der Waals surface area contributed by atoms with E-state index >= 15 is 0 Å². The first-order valence-electron chi connectivity index (χ1n) is 7.86. The highest BCUT2D eigenvalue weighted by Crippen LogP contribution is 2.24. The average molecular weight is 335 g/mol. The summed E-state index contributed by atoms with van der Waals surface area (Å²) in [6, 6.07) is 3.84. The van der Waals surface area contributed by atoms with Gasteiger partial charge in [0.15, 0.2) is 10.8 Å². The second kappa shape index (κ2) is 7.25. The van der Waals surface area contributed by atoms with Crippen LogP contribution in [0.2, 0.25) is 0 Å². The maximum Gasteiger partial charge on any atom is 0.273 e. The zero-order chi connectivity index (χ0) is 16.2. The topological polar surface area (TPSA) is 69.8 Å². The molecule has 2 aromatic heterocycles. The van der Waals surface area contributed by atoms with E-state index in [4.69, 9.17) is 4.42 Å². The molecule has 0 aromatic carbocycles. The summed E-state index contributed by atoms with van der Waals surface area (Å²) in [5, 5.41) is 11.9. The SMILES string of the molecule is CCC(CO)N1CCN(C(=O)c2csc(-c3ccco3)n2)CC1. The standard InChI is InChI=1S/C16H21N3O3S/c1-2-12(10-20)18-5-7-19(8-6-18)16(21)13-11-23-15(17-13)14-4-3-9-22-14/h3-4,9,11-12,20H,2,5-8,10H2,1H3. The number of furan rings is 1. The Bertz CT molecular complexity index is 629. The van der Waals surface area contributed by atoms with Crippen molar-refractivity contribution in [3.8, 4) is 10.8 Å². The number of amides is 1. The third-order valence-electron chi connectivity index (χ3n) is 4.26. The predicted octanol–water partition coefficient (Wildman–Crippen LogP) is 1.93. The van der Waals surface area contributed by atoms with E-state index in [2.05, 4.69) is 16.8 Å². The number of aliphatic hydroxyl groups is 1. The van der Waals surface area contributed by atoms with Gasteiger partial charge in [0.05, 0.1) is 12.9 Å². The first-order chi connectivity index (χ1) is 11.2. The molecule has 0 radical (unpaired) electrons. The molecule has 7 heteroatoms. The molecule has 2 aromatic rings. The van der Waals surface area contributed by atoms with Crippen molar-refractivity contribution in [3.63, 3.8) is 0 Å². The van der Waals surface area contributed by atoms with Gasteiger partial charge in [0.2, 0.25) is 0 Å². The number of carbonyl (C=O) groups is 1. The molecule has 0 aliphatic carbocycles. The van der Waals surface area contributed by atoms with Gasteiger partial charge < -0.3 is 14.4 Å². The number of aromatic nitrogens is 1. The van der Waals surface area contributed by atoms with Crippen LogP contribution in [0.3, 0.4) is 0 Å². The van der Waals surface area contributed by atoms with Crippen LogP contribution < -0.4 is 0 Å². The minimum atomic E-state index is -0.0317. The maximum absolute atomic E-state index is 12.6. The van der Waals surface area contributed by atoms with Gasteiger partial charge in [0.25, 0.3) is 5.91 Å². The molecule has 124 valence electrons. The number of thiazole rings is 1. The first kappa shape index (κ1) is 16.2. The Balaban J connectivity index is 1.62. The molecule has 6 nitrogen and oxygen atoms in total. The lowest BCUT2D eigenvalue weighted by atomic mass is 10.1. The summed E-state index contributed by atoms with van der Waals surface area (Å²) in [7, 11) is 0. The van der Waals surface area contributed by atoms with Gasteiger partial charge >= 0.3 is 0 Å². The van der Waals surface area contributed by atoms with E-state index in [0.29, 0.717) is 24.5 Å². The van der Waals surface area contributed by atoms with Crippen LogP contribution in [0.25, 0.3) is 10.8 Å². The van der Waals surface area contributed by atoms with E-state index in [1.54, 1.807) is 11.6 Å². The highest BCUT2D eigenvalue weighted by atomic mass is 32.1. The molecule has 1 amide bonds. The molecular formula is C16H21N3O3S. The quantitative estimate of drug-likeness (QED) is 0.904. The molecule has 3 rings (SSSR count). The third-order valence-corrected chi connectivity index (χ3v) is 5.11. The minimum absolute atomic E-state index is 0.0317. The first-order valence-corrected chi connectivity index (χ1v) is 8.74. The summed E-state index contributed by atoms with van der Waals surface area (Å²) in [5.74, 6) is 0.656. The fourth-order valence-corrected chi connectivity index (χ4v) is 3.60. The van der Waals surface area contributed by atoms with E-state index in [1.165, 1.54) is 11.3 Å². The van der Waals surface area contributed by atoms with Gasteiger partial charge in [0.1, 0.15) is 5.69 Å². The number of hydrogen-bond donors (Lipinski definition) is 1. The van der Waals surface area contributed by atoms with Crippen molar-refractivity contribution in [2.75, 3.05) is 32.8 Å². The van der Waals surface area contributed by atoms with Gasteiger partial charge in [-0.3, -0.25) is 9.69 Å². The smallest absolute Gasteiger partial charge is 0.273 e. The van der Waals surface area contributed by atoms with Crippen LogP contribution in [0, 0.1) is 0 Å². The van der Waals surface area contributed by atoms with E-state index < -0.39 is 0 Å². The number of nitrogens with zero attached hydrogens (tertiary/aromatic N) is 3. The van der Waals surface area contributed by atoms with Crippen molar-refractivity contribution >= 4 is 17.2 Å². The summed E-state index contributed by atoms with van der Waals surface area (Å²) < 4.78 is 5.32. The number of carbonyl (C=O) groups excluding carboxylic acids is 1. The minimum Gasteiger partial charge on any atom is -0.462 e. The molecule has 1 saturated heterocycles. The van der Waals surface area contributed by atoms with Crippen LogP contribution in [0.15, 0.2) is 28.2 Å². The lowest BCUT2D eigenvalue weighted by Gasteiger charge is -2.38. The fourth-order valence-electron chi connectivity index (χ4n) is 2.84. The van der Waals surface area contributed by atoms with Gasteiger partial charge in [-0.15, -0.1) is 11.3 Å². The van der Waals surface area contributed by atoms with Crippen molar-refractivity contribution < 1.29 is 14.3 Å². The van der Waals surface area contributed by atoms with E-state index in [-0.39, 0.29) is 18.6 Å². The Morgan fingerprint density at radius 1 is 1.43 bits per heavy atom. The lowest BCUT2D eigenvalue weighted by molar-refractivity contribution is 0.0469. The summed E-state index contributed by atoms with van der Waals surface area (Å²) in [6.07, 6.45) is 2.52. The fraction of sp³-hybridized carbons (Fsp3) is 0.500. The van der Waals surface area contributed by atoms with Crippen molar-refractivity contribution in [2.24, 2.45) is 0 Å². The Labute approximate surface area is 139 Å². The van der Waals surface area contributed by atoms with E-state index in [0.717, 1.165) is 24.5 Å². The summed E-state index contributed by atoms with van der Waals surface area (Å²) in [4.78, 5) is 21.0. The molecule has 1 N–H and O–H groups in total. The molecular weight excluding hydrogens is 314 g/mol. The Morgan fingerprint density at radius 3 is 2.83 bits per heavy atom. The van der Waals surface area contributed by atoms with Crippen LogP contribution in [-0.2, 0) is 0 Å². The Morgan fingerprint density at radius 2 is 2.22 bits per heavy atom. The van der Waals surface area contributed by atoms with Crippen LogP contribution >= 0.6 is 11.3 Å². The average Bonchev–Trinajstić information content (AvgIpc) is 3.27. The lowest BCUT2D eigenvalue weighted by Crippen LogP contribution is -2.52. The predicted molar refractivity (Wildman–Crippen MR) is 88.5 cm³/mol. The largest absolute Gasteiger partial charge is 0.462 e. The highest BCUT2D eigenvalue weighted by Gasteiger charge is 2.26. The summed E-state index contributed by atoms with van der Waals surface area (Å²) in [5.41, 5.74) is 0.476. The maximum atomic E-state index is 12.6. The van der Waals surface area contributed by atoms with Crippen molar-refractivity contribution in [1.29, 1.82) is 0 Å². The number of rotatable bonds is 5. The second-order valence-electron chi connectivity index (χ2n) is 5.59. The molecule has 3 heterocycles. The molecule has 0 bridgehead atoms. The Kier molecular flexibility index (Phi) is 5.09. The molecule has 1 aliphatic heterocycles. The van der Waals surface area contributed by atoms with Crippen molar-refractivity contribution in [2.45, 2.75) is 19.4 Å². The summed E-state index contributed by atoms with van der Waals surface area (Å²) >= 11 is 1.42. The molecule has 0 saturated carbocycles. The highest BCUT2D eigenvalue weighted by molar-refractivity contribution is 7.13. The molecule has 1 aliphatic rings. The second-order valence-corrected chi connectivity index (χ2v) is 6.45. The van der Waals surface area contributed by atoms with E-state index in [1.807, 2.05) is 17.0 Å². The van der Waals surface area contributed by atoms with Gasteiger partial charge in [-0.1, -0.05) is 6.92 Å². The van der Waals surface area contributed by atoms with Crippen LogP contribution in [0.5, 0.6) is 0 Å². The van der Waals surface area contributed by atoms with Crippen molar-refractivity contribution in [3.05, 3.63) is 29.5 Å². The third kappa shape index (κ3) is 3.46. The van der Waals surface area contributed by atoms with Gasteiger partial charge in [0, 0.05) is 37.6 Å². The normalized spacial score (nSPS) is 17.4. The zero-order valence-corrected chi connectivity index (χ0v) is 14.0. The monoisotopic (exact) mass is 335 g/mol. The summed E-state index contributed by atoms with van der Waals surface area (Å²) in [6.45, 7) is 5.17. The molecule has 1 fully saturated rings. The Hall–Kier alpha value is -1.70. The van der Waals surface area contributed by atoms with Gasteiger partial charge in [-0.2, -0.15) is 0 Å².